The molecule has 0 aliphatic heterocycles. The van der Waals surface area contributed by atoms with E-state index in [9.17, 15) is 4.79 Å². The van der Waals surface area contributed by atoms with E-state index in [1.165, 1.54) is 11.3 Å². The number of thiazole rings is 1. The second kappa shape index (κ2) is 8.22. The summed E-state index contributed by atoms with van der Waals surface area (Å²) in [7, 11) is 1.55. The van der Waals surface area contributed by atoms with Crippen LogP contribution in [0.1, 0.15) is 10.4 Å². The van der Waals surface area contributed by atoms with Gasteiger partial charge in [0.05, 0.1) is 32.9 Å². The van der Waals surface area contributed by atoms with Gasteiger partial charge in [0.25, 0.3) is 5.91 Å². The predicted molar refractivity (Wildman–Crippen MR) is 119 cm³/mol. The van der Waals surface area contributed by atoms with Crippen molar-refractivity contribution < 1.29 is 9.53 Å². The van der Waals surface area contributed by atoms with E-state index in [0.29, 0.717) is 32.0 Å². The second-order valence-corrected chi connectivity index (χ2v) is 8.50. The van der Waals surface area contributed by atoms with E-state index in [4.69, 9.17) is 40.2 Å². The van der Waals surface area contributed by atoms with Crippen molar-refractivity contribution in [3.63, 3.8) is 0 Å². The molecule has 0 saturated carbocycles. The minimum atomic E-state index is -0.392. The molecule has 3 aromatic rings. The van der Waals surface area contributed by atoms with Crippen molar-refractivity contribution in [2.75, 3.05) is 12.4 Å². The lowest BCUT2D eigenvalue weighted by Gasteiger charge is -2.08. The van der Waals surface area contributed by atoms with E-state index >= 15 is 0 Å². The lowest BCUT2D eigenvalue weighted by Crippen LogP contribution is -2.34. The number of carbonyl (C=O) groups excluding carboxylic acids is 1. The van der Waals surface area contributed by atoms with Crippen LogP contribution in [0.3, 0.4) is 0 Å². The van der Waals surface area contributed by atoms with Gasteiger partial charge in [0, 0.05) is 9.64 Å². The van der Waals surface area contributed by atoms with Gasteiger partial charge in [0.2, 0.25) is 0 Å². The van der Waals surface area contributed by atoms with Gasteiger partial charge < -0.3 is 10.1 Å². The number of anilines is 1. The number of amides is 1. The van der Waals surface area contributed by atoms with Crippen molar-refractivity contribution in [1.29, 1.82) is 0 Å². The molecule has 0 spiro atoms. The maximum atomic E-state index is 12.3. The lowest BCUT2D eigenvalue weighted by molar-refractivity contribution is 0.0978. The number of rotatable bonds is 3. The molecule has 0 radical (unpaired) electrons. The summed E-state index contributed by atoms with van der Waals surface area (Å²) in [6, 6.07) is 8.68. The number of benzene rings is 2. The van der Waals surface area contributed by atoms with Gasteiger partial charge in [-0.05, 0) is 59.1 Å². The fourth-order valence-electron chi connectivity index (χ4n) is 2.11. The highest BCUT2D eigenvalue weighted by Gasteiger charge is 2.14. The molecular weight excluding hydrogens is 528 g/mol. The molecule has 0 atom stereocenters. The number of halogens is 3. The summed E-state index contributed by atoms with van der Waals surface area (Å²) in [6.45, 7) is 0. The normalized spacial score (nSPS) is 10.6. The number of thiocarbonyl (C=S) groups is 1. The Labute approximate surface area is 182 Å². The zero-order valence-electron chi connectivity index (χ0n) is 13.1. The summed E-state index contributed by atoms with van der Waals surface area (Å²) in [5.41, 5.74) is 1.06. The van der Waals surface area contributed by atoms with Gasteiger partial charge in [-0.3, -0.25) is 10.1 Å². The number of methoxy groups -OCH3 is 1. The van der Waals surface area contributed by atoms with E-state index in [-0.39, 0.29) is 5.11 Å². The van der Waals surface area contributed by atoms with Gasteiger partial charge in [-0.1, -0.05) is 34.5 Å². The molecule has 1 aromatic heterocycles. The number of hydrogen-bond acceptors (Lipinski definition) is 5. The molecule has 26 heavy (non-hydrogen) atoms. The Kier molecular flexibility index (Phi) is 6.18. The number of aromatic nitrogens is 1. The van der Waals surface area contributed by atoms with Crippen LogP contribution in [0, 0.1) is 3.57 Å². The van der Waals surface area contributed by atoms with E-state index in [1.54, 1.807) is 31.4 Å². The summed E-state index contributed by atoms with van der Waals surface area (Å²) in [6.07, 6.45) is 0. The van der Waals surface area contributed by atoms with E-state index in [0.717, 1.165) is 8.27 Å². The maximum Gasteiger partial charge on any atom is 0.258 e. The summed E-state index contributed by atoms with van der Waals surface area (Å²) in [4.78, 5) is 16.7. The third-order valence-electron chi connectivity index (χ3n) is 3.28. The highest BCUT2D eigenvalue weighted by atomic mass is 127. The first-order valence-electron chi connectivity index (χ1n) is 7.09. The third kappa shape index (κ3) is 4.37. The molecule has 1 amide bonds. The first-order chi connectivity index (χ1) is 12.4. The van der Waals surface area contributed by atoms with Crippen LogP contribution in [-0.2, 0) is 0 Å². The molecule has 134 valence electrons. The summed E-state index contributed by atoms with van der Waals surface area (Å²) < 4.78 is 6.97. The molecule has 0 aliphatic rings. The largest absolute Gasteiger partial charge is 0.495 e. The molecule has 10 heteroatoms. The van der Waals surface area contributed by atoms with Crippen LogP contribution in [-0.4, -0.2) is 23.1 Å². The van der Waals surface area contributed by atoms with Crippen molar-refractivity contribution in [3.8, 4) is 5.75 Å². The molecule has 1 heterocycles. The average Bonchev–Trinajstić information content (AvgIpc) is 2.96. The predicted octanol–water partition coefficient (Wildman–Crippen LogP) is 5.34. The molecule has 0 bridgehead atoms. The van der Waals surface area contributed by atoms with Crippen LogP contribution >= 0.6 is 69.3 Å². The van der Waals surface area contributed by atoms with Gasteiger partial charge in [0.15, 0.2) is 10.2 Å². The molecule has 3 rings (SSSR count). The van der Waals surface area contributed by atoms with Crippen LogP contribution in [0.5, 0.6) is 5.75 Å². The Hall–Kier alpha value is -1.20. The second-order valence-electron chi connectivity index (χ2n) is 5.01. The standard InChI is InChI=1S/C16H10Cl2IN3O2S2/c1-24-12-6-13-11(5-10(12)18)20-16(26-13)22-15(25)21-14(23)8-4-7(19)2-3-9(8)17/h2-6H,1H3,(H2,20,21,22,23,25). The Balaban J connectivity index is 1.74. The topological polar surface area (TPSA) is 63.2 Å². The van der Waals surface area contributed by atoms with Crippen molar-refractivity contribution in [2.45, 2.75) is 0 Å². The summed E-state index contributed by atoms with van der Waals surface area (Å²) >= 11 is 20.8. The van der Waals surface area contributed by atoms with Gasteiger partial charge >= 0.3 is 0 Å². The first kappa shape index (κ1) is 19.6. The lowest BCUT2D eigenvalue weighted by atomic mass is 10.2. The summed E-state index contributed by atoms with van der Waals surface area (Å²) in [5, 5.41) is 6.99. The Bertz CT molecular complexity index is 1030. The molecule has 0 unspecified atom stereocenters. The Morgan fingerprint density at radius 1 is 1.27 bits per heavy atom. The highest BCUT2D eigenvalue weighted by Crippen LogP contribution is 2.34. The van der Waals surface area contributed by atoms with E-state index in [2.05, 4.69) is 38.2 Å². The molecule has 2 N–H and O–H groups in total. The molecule has 2 aromatic carbocycles. The molecule has 0 aliphatic carbocycles. The van der Waals surface area contributed by atoms with Crippen LogP contribution in [0.4, 0.5) is 5.13 Å². The average molecular weight is 538 g/mol. The molecular formula is C16H10Cl2IN3O2S2. The fourth-order valence-corrected chi connectivity index (χ4v) is 4.17. The highest BCUT2D eigenvalue weighted by molar-refractivity contribution is 14.1. The number of hydrogen-bond donors (Lipinski definition) is 2. The van der Waals surface area contributed by atoms with Crippen LogP contribution < -0.4 is 15.4 Å². The van der Waals surface area contributed by atoms with E-state index in [1.807, 2.05) is 6.07 Å². The van der Waals surface area contributed by atoms with Gasteiger partial charge in [0.1, 0.15) is 5.75 Å². The quantitative estimate of drug-likeness (QED) is 0.348. The van der Waals surface area contributed by atoms with Crippen molar-refractivity contribution in [2.24, 2.45) is 0 Å². The van der Waals surface area contributed by atoms with Crippen molar-refractivity contribution >= 4 is 95.7 Å². The fraction of sp³-hybridized carbons (Fsp3) is 0.0625. The maximum absolute atomic E-state index is 12.3. The van der Waals surface area contributed by atoms with Gasteiger partial charge in [-0.2, -0.15) is 0 Å². The smallest absolute Gasteiger partial charge is 0.258 e. The Morgan fingerprint density at radius 2 is 2.04 bits per heavy atom. The van der Waals surface area contributed by atoms with Crippen molar-refractivity contribution in [3.05, 3.63) is 49.5 Å². The summed E-state index contributed by atoms with van der Waals surface area (Å²) in [5.74, 6) is 0.176. The minimum absolute atomic E-state index is 0.127. The first-order valence-corrected chi connectivity index (χ1v) is 10.1. The zero-order chi connectivity index (χ0) is 18.8. The number of carbonyl (C=O) groups is 1. The van der Waals surface area contributed by atoms with Crippen LogP contribution in [0.15, 0.2) is 30.3 Å². The minimum Gasteiger partial charge on any atom is -0.495 e. The van der Waals surface area contributed by atoms with E-state index < -0.39 is 5.91 Å². The monoisotopic (exact) mass is 537 g/mol. The number of fused-ring (bicyclic) bond motifs is 1. The zero-order valence-corrected chi connectivity index (χ0v) is 18.4. The van der Waals surface area contributed by atoms with Crippen LogP contribution in [0.25, 0.3) is 10.2 Å². The third-order valence-corrected chi connectivity index (χ3v) is 5.72. The number of nitrogens with one attached hydrogen (secondary N) is 2. The number of nitrogens with zero attached hydrogens (tertiary/aromatic N) is 1. The SMILES string of the molecule is COc1cc2sc(NC(=S)NC(=O)c3cc(I)ccc3Cl)nc2cc1Cl. The van der Waals surface area contributed by atoms with Crippen LogP contribution in [0.2, 0.25) is 10.0 Å². The molecule has 0 fully saturated rings. The number of ether oxygens (including phenoxy) is 1. The Morgan fingerprint density at radius 3 is 2.77 bits per heavy atom. The molecule has 0 saturated heterocycles. The molecule has 5 nitrogen and oxygen atoms in total. The van der Waals surface area contributed by atoms with Gasteiger partial charge in [-0.15, -0.1) is 0 Å². The van der Waals surface area contributed by atoms with Gasteiger partial charge in [-0.25, -0.2) is 4.98 Å². The van der Waals surface area contributed by atoms with Crippen molar-refractivity contribution in [1.82, 2.24) is 10.3 Å².